The quantitative estimate of drug-likeness (QED) is 0.864. The highest BCUT2D eigenvalue weighted by Crippen LogP contribution is 2.21. The van der Waals surface area contributed by atoms with Gasteiger partial charge in [0.25, 0.3) is 0 Å². The van der Waals surface area contributed by atoms with Crippen molar-refractivity contribution in [2.45, 2.75) is 19.0 Å². The number of hydrogen-bond donors (Lipinski definition) is 2. The first-order valence-electron chi connectivity index (χ1n) is 6.17. The minimum atomic E-state index is 0.0685. The number of rotatable bonds is 4. The summed E-state index contributed by atoms with van der Waals surface area (Å²) in [5, 5.41) is 6.94. The molecule has 3 nitrogen and oxygen atoms in total. The minimum Gasteiger partial charge on any atom is -0.352 e. The van der Waals surface area contributed by atoms with Gasteiger partial charge in [-0.3, -0.25) is 4.79 Å². The Morgan fingerprint density at radius 3 is 3.11 bits per heavy atom. The zero-order chi connectivity index (χ0) is 13.7. The molecular weight excluding hydrogens is 348 g/mol. The van der Waals surface area contributed by atoms with Crippen molar-refractivity contribution < 1.29 is 4.79 Å². The van der Waals surface area contributed by atoms with E-state index in [2.05, 4.69) is 26.6 Å². The lowest BCUT2D eigenvalue weighted by Crippen LogP contribution is -2.41. The van der Waals surface area contributed by atoms with Gasteiger partial charge in [0.05, 0.1) is 0 Å². The van der Waals surface area contributed by atoms with Gasteiger partial charge >= 0.3 is 0 Å². The Bertz CT molecular complexity index is 452. The van der Waals surface area contributed by atoms with E-state index < -0.39 is 0 Å². The second kappa shape index (κ2) is 7.53. The van der Waals surface area contributed by atoms with Gasteiger partial charge in [0, 0.05) is 46.6 Å². The van der Waals surface area contributed by atoms with Crippen LogP contribution in [0, 0.1) is 0 Å². The number of carbonyl (C=O) groups excluding carboxylic acids is 1. The number of amides is 1. The third kappa shape index (κ3) is 4.99. The summed E-state index contributed by atoms with van der Waals surface area (Å²) in [5.74, 6) is 2.21. The molecule has 1 saturated heterocycles. The second-order valence-corrected chi connectivity index (χ2v) is 6.92. The van der Waals surface area contributed by atoms with Gasteiger partial charge in [-0.05, 0) is 17.7 Å². The molecule has 6 heteroatoms. The van der Waals surface area contributed by atoms with Crippen molar-refractivity contribution in [3.8, 4) is 0 Å². The molecule has 0 radical (unpaired) electrons. The highest BCUT2D eigenvalue weighted by atomic mass is 79.9. The highest BCUT2D eigenvalue weighted by Gasteiger charge is 2.16. The van der Waals surface area contributed by atoms with Gasteiger partial charge in [0.1, 0.15) is 0 Å². The van der Waals surface area contributed by atoms with E-state index in [0.29, 0.717) is 24.0 Å². The van der Waals surface area contributed by atoms with Crippen LogP contribution >= 0.6 is 39.3 Å². The molecule has 0 aliphatic carbocycles. The van der Waals surface area contributed by atoms with Crippen molar-refractivity contribution in [2.75, 3.05) is 18.1 Å². The molecule has 1 amide bonds. The third-order valence-electron chi connectivity index (χ3n) is 2.92. The maximum absolute atomic E-state index is 11.9. The molecule has 19 heavy (non-hydrogen) atoms. The van der Waals surface area contributed by atoms with Crippen LogP contribution in [0.15, 0.2) is 22.7 Å². The Labute approximate surface area is 131 Å². The van der Waals surface area contributed by atoms with Crippen molar-refractivity contribution in [3.05, 3.63) is 33.3 Å². The number of hydrogen-bond acceptors (Lipinski definition) is 3. The zero-order valence-electron chi connectivity index (χ0n) is 10.4. The summed E-state index contributed by atoms with van der Waals surface area (Å²) in [6.07, 6.45) is 0.529. The summed E-state index contributed by atoms with van der Waals surface area (Å²) in [5.41, 5.74) is 0.934. The molecule has 0 saturated carbocycles. The predicted molar refractivity (Wildman–Crippen MR) is 84.7 cm³/mol. The monoisotopic (exact) mass is 362 g/mol. The Kier molecular flexibility index (Phi) is 6.01. The molecular formula is C13H16BrClN2OS. The van der Waals surface area contributed by atoms with E-state index in [1.165, 1.54) is 0 Å². The first-order valence-corrected chi connectivity index (χ1v) is 8.49. The number of nitrogens with one attached hydrogen (secondary N) is 2. The van der Waals surface area contributed by atoms with Gasteiger partial charge < -0.3 is 10.6 Å². The van der Waals surface area contributed by atoms with Crippen LogP contribution in [-0.4, -0.2) is 30.0 Å². The van der Waals surface area contributed by atoms with E-state index in [4.69, 9.17) is 11.6 Å². The average molecular weight is 364 g/mol. The van der Waals surface area contributed by atoms with Gasteiger partial charge in [-0.1, -0.05) is 33.6 Å². The molecule has 1 unspecified atom stereocenters. The van der Waals surface area contributed by atoms with Crippen molar-refractivity contribution in [2.24, 2.45) is 0 Å². The number of thioether (sulfide) groups is 1. The van der Waals surface area contributed by atoms with E-state index in [1.54, 1.807) is 0 Å². The summed E-state index contributed by atoms with van der Waals surface area (Å²) in [6, 6.07) is 5.97. The summed E-state index contributed by atoms with van der Waals surface area (Å²) in [4.78, 5) is 11.9. The van der Waals surface area contributed by atoms with E-state index in [0.717, 1.165) is 28.1 Å². The fourth-order valence-electron chi connectivity index (χ4n) is 1.91. The Balaban J connectivity index is 1.79. The summed E-state index contributed by atoms with van der Waals surface area (Å²) in [7, 11) is 0. The molecule has 1 aliphatic heterocycles. The van der Waals surface area contributed by atoms with Gasteiger partial charge in [-0.15, -0.1) is 0 Å². The van der Waals surface area contributed by atoms with E-state index in [9.17, 15) is 4.79 Å². The Morgan fingerprint density at radius 1 is 1.58 bits per heavy atom. The molecule has 1 aromatic carbocycles. The Hall–Kier alpha value is -0.230. The normalized spacial score (nSPS) is 19.2. The van der Waals surface area contributed by atoms with Crippen LogP contribution in [0.2, 0.25) is 5.02 Å². The fourth-order valence-corrected chi connectivity index (χ4v) is 3.59. The van der Waals surface area contributed by atoms with E-state index in [-0.39, 0.29) is 5.91 Å². The SMILES string of the molecule is O=C(CC1CSCCN1)NCc1ccc(Br)cc1Cl. The minimum absolute atomic E-state index is 0.0685. The van der Waals surface area contributed by atoms with Gasteiger partial charge in [0.2, 0.25) is 5.91 Å². The highest BCUT2D eigenvalue weighted by molar-refractivity contribution is 9.10. The zero-order valence-corrected chi connectivity index (χ0v) is 13.6. The van der Waals surface area contributed by atoms with Crippen molar-refractivity contribution in [1.82, 2.24) is 10.6 Å². The molecule has 1 heterocycles. The van der Waals surface area contributed by atoms with E-state index in [1.807, 2.05) is 30.0 Å². The summed E-state index contributed by atoms with van der Waals surface area (Å²) >= 11 is 11.4. The molecule has 104 valence electrons. The number of carbonyl (C=O) groups is 1. The predicted octanol–water partition coefficient (Wildman–Crippen LogP) is 2.81. The molecule has 0 aromatic heterocycles. The maximum atomic E-state index is 11.9. The van der Waals surface area contributed by atoms with Crippen LogP contribution in [0.25, 0.3) is 0 Å². The molecule has 1 fully saturated rings. The third-order valence-corrected chi connectivity index (χ3v) is 4.90. The standard InChI is InChI=1S/C13H16BrClN2OS/c14-10-2-1-9(12(15)5-10)7-17-13(18)6-11-8-19-4-3-16-11/h1-2,5,11,16H,3-4,6-8H2,(H,17,18). The largest absolute Gasteiger partial charge is 0.352 e. The first kappa shape index (κ1) is 15.2. The lowest BCUT2D eigenvalue weighted by Gasteiger charge is -2.22. The number of benzene rings is 1. The first-order chi connectivity index (χ1) is 9.15. The van der Waals surface area contributed by atoms with E-state index >= 15 is 0 Å². The fraction of sp³-hybridized carbons (Fsp3) is 0.462. The van der Waals surface area contributed by atoms with Crippen LogP contribution in [-0.2, 0) is 11.3 Å². The molecule has 0 spiro atoms. The number of halogens is 2. The van der Waals surface area contributed by atoms with Crippen molar-refractivity contribution in [1.29, 1.82) is 0 Å². The average Bonchev–Trinajstić information content (AvgIpc) is 2.39. The van der Waals surface area contributed by atoms with Crippen molar-refractivity contribution in [3.63, 3.8) is 0 Å². The summed E-state index contributed by atoms with van der Waals surface area (Å²) in [6.45, 7) is 1.46. The van der Waals surface area contributed by atoms with Crippen LogP contribution in [0.4, 0.5) is 0 Å². The lowest BCUT2D eigenvalue weighted by molar-refractivity contribution is -0.121. The molecule has 1 aliphatic rings. The topological polar surface area (TPSA) is 41.1 Å². The van der Waals surface area contributed by atoms with Gasteiger partial charge in [-0.25, -0.2) is 0 Å². The van der Waals surface area contributed by atoms with Crippen LogP contribution < -0.4 is 10.6 Å². The lowest BCUT2D eigenvalue weighted by atomic mass is 10.2. The molecule has 2 rings (SSSR count). The smallest absolute Gasteiger partial charge is 0.221 e. The van der Waals surface area contributed by atoms with Crippen LogP contribution in [0.5, 0.6) is 0 Å². The molecule has 2 N–H and O–H groups in total. The van der Waals surface area contributed by atoms with Gasteiger partial charge in [0.15, 0.2) is 0 Å². The molecule has 1 aromatic rings. The summed E-state index contributed by atoms with van der Waals surface area (Å²) < 4.78 is 0.941. The van der Waals surface area contributed by atoms with Gasteiger partial charge in [-0.2, -0.15) is 11.8 Å². The Morgan fingerprint density at radius 2 is 2.42 bits per heavy atom. The maximum Gasteiger partial charge on any atom is 0.221 e. The van der Waals surface area contributed by atoms with Crippen molar-refractivity contribution >= 4 is 45.2 Å². The second-order valence-electron chi connectivity index (χ2n) is 4.44. The molecule has 1 atom stereocenters. The van der Waals surface area contributed by atoms with Crippen LogP contribution in [0.3, 0.4) is 0 Å². The molecule has 0 bridgehead atoms. The van der Waals surface area contributed by atoms with Crippen LogP contribution in [0.1, 0.15) is 12.0 Å².